The Labute approximate surface area is 105 Å². The standard InChI is InChI=1S/C14H25ClO/c1-3-5-9-13(10-6-7-11-15)14(12-16)8-4-2/h12H,3-11H2,1-2H3/b14-13-. The number of aldehydes is 1. The van der Waals surface area contributed by atoms with Crippen LogP contribution in [0.3, 0.4) is 0 Å². The molecular weight excluding hydrogens is 220 g/mol. The van der Waals surface area contributed by atoms with E-state index in [0.29, 0.717) is 0 Å². The van der Waals surface area contributed by atoms with Crippen LogP contribution in [0.25, 0.3) is 0 Å². The molecule has 0 aliphatic heterocycles. The molecule has 1 nitrogen and oxygen atoms in total. The number of carbonyl (C=O) groups is 1. The minimum atomic E-state index is 0.727. The van der Waals surface area contributed by atoms with E-state index >= 15 is 0 Å². The van der Waals surface area contributed by atoms with Crippen LogP contribution in [0.2, 0.25) is 0 Å². The maximum atomic E-state index is 11.0. The molecule has 0 rings (SSSR count). The Morgan fingerprint density at radius 2 is 1.69 bits per heavy atom. The summed E-state index contributed by atoms with van der Waals surface area (Å²) in [6.07, 6.45) is 9.75. The molecule has 0 aliphatic carbocycles. The van der Waals surface area contributed by atoms with Crippen molar-refractivity contribution >= 4 is 17.9 Å². The van der Waals surface area contributed by atoms with Crippen molar-refractivity contribution in [2.24, 2.45) is 0 Å². The van der Waals surface area contributed by atoms with Gasteiger partial charge in [-0.05, 0) is 44.1 Å². The highest BCUT2D eigenvalue weighted by Crippen LogP contribution is 2.21. The van der Waals surface area contributed by atoms with E-state index in [0.717, 1.165) is 56.3 Å². The van der Waals surface area contributed by atoms with Crippen molar-refractivity contribution in [1.82, 2.24) is 0 Å². The molecule has 0 aromatic heterocycles. The third-order valence-corrected chi connectivity index (χ3v) is 3.08. The van der Waals surface area contributed by atoms with Crippen LogP contribution in [-0.2, 0) is 4.79 Å². The molecule has 0 fully saturated rings. The number of allylic oxidation sites excluding steroid dienone is 2. The number of carbonyl (C=O) groups excluding carboxylic acids is 1. The summed E-state index contributed by atoms with van der Waals surface area (Å²) in [4.78, 5) is 11.0. The van der Waals surface area contributed by atoms with Crippen molar-refractivity contribution in [2.75, 3.05) is 5.88 Å². The number of halogens is 1. The topological polar surface area (TPSA) is 17.1 Å². The van der Waals surface area contributed by atoms with Gasteiger partial charge in [0.25, 0.3) is 0 Å². The molecule has 0 unspecified atom stereocenters. The fourth-order valence-corrected chi connectivity index (χ4v) is 2.05. The summed E-state index contributed by atoms with van der Waals surface area (Å²) in [7, 11) is 0. The molecule has 0 saturated heterocycles. The maximum absolute atomic E-state index is 11.0. The summed E-state index contributed by atoms with van der Waals surface area (Å²) < 4.78 is 0. The summed E-state index contributed by atoms with van der Waals surface area (Å²) >= 11 is 5.68. The Kier molecular flexibility index (Phi) is 11.0. The van der Waals surface area contributed by atoms with Crippen LogP contribution in [0.5, 0.6) is 0 Å². The zero-order valence-electron chi connectivity index (χ0n) is 10.7. The fourth-order valence-electron chi connectivity index (χ4n) is 1.86. The molecule has 0 spiro atoms. The molecule has 0 N–H and O–H groups in total. The first kappa shape index (κ1) is 15.7. The first-order valence-corrected chi connectivity index (χ1v) is 7.05. The van der Waals surface area contributed by atoms with Gasteiger partial charge in [-0.15, -0.1) is 11.6 Å². The van der Waals surface area contributed by atoms with Gasteiger partial charge in [-0.1, -0.05) is 32.3 Å². The van der Waals surface area contributed by atoms with Gasteiger partial charge in [0, 0.05) is 5.88 Å². The molecule has 0 radical (unpaired) electrons. The second-order valence-electron chi connectivity index (χ2n) is 4.25. The zero-order valence-corrected chi connectivity index (χ0v) is 11.5. The van der Waals surface area contributed by atoms with E-state index in [1.54, 1.807) is 0 Å². The van der Waals surface area contributed by atoms with Crippen LogP contribution in [-0.4, -0.2) is 12.2 Å². The van der Waals surface area contributed by atoms with Crippen molar-refractivity contribution in [3.05, 3.63) is 11.1 Å². The second-order valence-corrected chi connectivity index (χ2v) is 4.62. The summed E-state index contributed by atoms with van der Waals surface area (Å²) in [5, 5.41) is 0. The van der Waals surface area contributed by atoms with Gasteiger partial charge in [0.05, 0.1) is 0 Å². The lowest BCUT2D eigenvalue weighted by molar-refractivity contribution is -0.105. The first-order valence-electron chi connectivity index (χ1n) is 6.52. The van der Waals surface area contributed by atoms with Gasteiger partial charge in [-0.3, -0.25) is 4.79 Å². The molecule has 0 saturated carbocycles. The zero-order chi connectivity index (χ0) is 12.2. The van der Waals surface area contributed by atoms with Crippen molar-refractivity contribution in [3.8, 4) is 0 Å². The first-order chi connectivity index (χ1) is 7.79. The molecule has 0 amide bonds. The molecule has 16 heavy (non-hydrogen) atoms. The van der Waals surface area contributed by atoms with E-state index in [9.17, 15) is 4.79 Å². The van der Waals surface area contributed by atoms with Crippen LogP contribution >= 0.6 is 11.6 Å². The van der Waals surface area contributed by atoms with Gasteiger partial charge in [0.1, 0.15) is 6.29 Å². The van der Waals surface area contributed by atoms with E-state index in [4.69, 9.17) is 11.6 Å². The lowest BCUT2D eigenvalue weighted by atomic mass is 9.95. The lowest BCUT2D eigenvalue weighted by Crippen LogP contribution is -1.96. The average Bonchev–Trinajstić information content (AvgIpc) is 2.31. The SMILES string of the molecule is CCCC/C(CCCCCl)=C(/C=O)CCC. The molecule has 0 bridgehead atoms. The Morgan fingerprint density at radius 1 is 1.00 bits per heavy atom. The van der Waals surface area contributed by atoms with Crippen LogP contribution < -0.4 is 0 Å². The third-order valence-electron chi connectivity index (χ3n) is 2.81. The summed E-state index contributed by atoms with van der Waals surface area (Å²) in [6, 6.07) is 0. The van der Waals surface area contributed by atoms with Crippen LogP contribution in [0, 0.1) is 0 Å². The van der Waals surface area contributed by atoms with E-state index < -0.39 is 0 Å². The number of hydrogen-bond acceptors (Lipinski definition) is 1. The molecule has 0 aromatic carbocycles. The van der Waals surface area contributed by atoms with Crippen LogP contribution in [0.15, 0.2) is 11.1 Å². The quantitative estimate of drug-likeness (QED) is 0.232. The van der Waals surface area contributed by atoms with Gasteiger partial charge in [-0.2, -0.15) is 0 Å². The van der Waals surface area contributed by atoms with Gasteiger partial charge < -0.3 is 0 Å². The third kappa shape index (κ3) is 7.05. The number of rotatable bonds is 10. The summed E-state index contributed by atoms with van der Waals surface area (Å²) in [6.45, 7) is 4.32. The molecule has 0 atom stereocenters. The molecule has 94 valence electrons. The van der Waals surface area contributed by atoms with E-state index in [-0.39, 0.29) is 0 Å². The minimum absolute atomic E-state index is 0.727. The highest BCUT2D eigenvalue weighted by Gasteiger charge is 2.05. The lowest BCUT2D eigenvalue weighted by Gasteiger charge is -2.10. The molecule has 0 aliphatic rings. The van der Waals surface area contributed by atoms with Gasteiger partial charge >= 0.3 is 0 Å². The molecule has 0 heterocycles. The molecule has 0 aromatic rings. The van der Waals surface area contributed by atoms with Gasteiger partial charge in [0.2, 0.25) is 0 Å². The van der Waals surface area contributed by atoms with Crippen molar-refractivity contribution in [3.63, 3.8) is 0 Å². The van der Waals surface area contributed by atoms with E-state index in [1.807, 2.05) is 0 Å². The smallest absolute Gasteiger partial charge is 0.145 e. The van der Waals surface area contributed by atoms with Gasteiger partial charge in [0.15, 0.2) is 0 Å². The summed E-state index contributed by atoms with van der Waals surface area (Å²) in [5.74, 6) is 0.727. The number of alkyl halides is 1. The monoisotopic (exact) mass is 244 g/mol. The number of unbranched alkanes of at least 4 members (excludes halogenated alkanes) is 2. The molecular formula is C14H25ClO. The summed E-state index contributed by atoms with van der Waals surface area (Å²) in [5.41, 5.74) is 2.43. The Balaban J connectivity index is 4.39. The van der Waals surface area contributed by atoms with Crippen molar-refractivity contribution in [2.45, 2.75) is 65.2 Å². The number of hydrogen-bond donors (Lipinski definition) is 0. The van der Waals surface area contributed by atoms with Gasteiger partial charge in [-0.25, -0.2) is 0 Å². The van der Waals surface area contributed by atoms with Crippen LogP contribution in [0.4, 0.5) is 0 Å². The van der Waals surface area contributed by atoms with Crippen molar-refractivity contribution < 1.29 is 4.79 Å². The fraction of sp³-hybridized carbons (Fsp3) is 0.786. The minimum Gasteiger partial charge on any atom is -0.298 e. The Hall–Kier alpha value is -0.300. The van der Waals surface area contributed by atoms with Crippen molar-refractivity contribution in [1.29, 1.82) is 0 Å². The normalized spacial score (nSPS) is 12.4. The predicted octanol–water partition coefficient (Wildman–Crippen LogP) is 4.88. The van der Waals surface area contributed by atoms with E-state index in [1.165, 1.54) is 18.4 Å². The molecule has 2 heteroatoms. The average molecular weight is 245 g/mol. The largest absolute Gasteiger partial charge is 0.298 e. The highest BCUT2D eigenvalue weighted by atomic mass is 35.5. The second kappa shape index (κ2) is 11.2. The Morgan fingerprint density at radius 3 is 2.19 bits per heavy atom. The van der Waals surface area contributed by atoms with E-state index in [2.05, 4.69) is 13.8 Å². The highest BCUT2D eigenvalue weighted by molar-refractivity contribution is 6.17. The maximum Gasteiger partial charge on any atom is 0.145 e. The predicted molar refractivity (Wildman–Crippen MR) is 72.1 cm³/mol. The van der Waals surface area contributed by atoms with Crippen LogP contribution in [0.1, 0.15) is 65.2 Å². The Bertz CT molecular complexity index is 209.